The van der Waals surface area contributed by atoms with E-state index in [9.17, 15) is 14.7 Å². The highest BCUT2D eigenvalue weighted by atomic mass is 32.2. The van der Waals surface area contributed by atoms with Gasteiger partial charge in [-0.2, -0.15) is 0 Å². The van der Waals surface area contributed by atoms with Crippen LogP contribution in [0.1, 0.15) is 75.2 Å². The van der Waals surface area contributed by atoms with Gasteiger partial charge >= 0.3 is 5.97 Å². The molecule has 1 heterocycles. The monoisotopic (exact) mass is 437 g/mol. The Bertz CT molecular complexity index is 739. The minimum absolute atomic E-state index is 0.0255. The molecular formula is C22H31NO4S2. The molecule has 1 aromatic rings. The first-order chi connectivity index (χ1) is 13.8. The van der Waals surface area contributed by atoms with Crippen molar-refractivity contribution in [3.8, 4) is 0 Å². The quantitative estimate of drug-likeness (QED) is 0.366. The number of ketones is 1. The maximum atomic E-state index is 12.3. The minimum Gasteiger partial charge on any atom is -0.476 e. The van der Waals surface area contributed by atoms with Crippen molar-refractivity contribution in [1.29, 1.82) is 0 Å². The molecule has 0 aliphatic heterocycles. The Morgan fingerprint density at radius 1 is 1.38 bits per heavy atom. The van der Waals surface area contributed by atoms with Crippen LogP contribution >= 0.6 is 23.1 Å². The van der Waals surface area contributed by atoms with E-state index >= 15 is 0 Å². The molecule has 2 N–H and O–H groups in total. The maximum Gasteiger partial charge on any atom is 0.355 e. The number of carbonyl (C=O) groups is 2. The first-order valence-corrected chi connectivity index (χ1v) is 12.4. The van der Waals surface area contributed by atoms with Crippen molar-refractivity contribution in [2.24, 2.45) is 17.8 Å². The molecule has 2 aliphatic rings. The number of hydrogen-bond donors (Lipinski definition) is 2. The van der Waals surface area contributed by atoms with Gasteiger partial charge in [0.1, 0.15) is 5.78 Å². The molecule has 2 saturated carbocycles. The summed E-state index contributed by atoms with van der Waals surface area (Å²) in [5.41, 5.74) is -0.577. The number of thiazole rings is 1. The van der Waals surface area contributed by atoms with Crippen LogP contribution in [-0.2, 0) is 4.79 Å². The van der Waals surface area contributed by atoms with E-state index in [2.05, 4.69) is 17.1 Å². The second-order valence-electron chi connectivity index (χ2n) is 8.68. The fraction of sp³-hybridized carbons (Fsp3) is 0.682. The maximum absolute atomic E-state index is 12.3. The molecule has 7 heteroatoms. The smallest absolute Gasteiger partial charge is 0.355 e. The summed E-state index contributed by atoms with van der Waals surface area (Å²) < 4.78 is 0.738. The van der Waals surface area contributed by atoms with E-state index < -0.39 is 11.6 Å². The van der Waals surface area contributed by atoms with Crippen LogP contribution in [0.4, 0.5) is 0 Å². The predicted octanol–water partition coefficient (Wildman–Crippen LogP) is 5.20. The summed E-state index contributed by atoms with van der Waals surface area (Å²) in [6.45, 7) is 1.92. The largest absolute Gasteiger partial charge is 0.476 e. The van der Waals surface area contributed by atoms with Gasteiger partial charge in [-0.05, 0) is 50.9 Å². The average molecular weight is 438 g/mol. The van der Waals surface area contributed by atoms with Crippen molar-refractivity contribution in [2.75, 3.05) is 5.75 Å². The van der Waals surface area contributed by atoms with Crippen LogP contribution in [0.25, 0.3) is 0 Å². The van der Waals surface area contributed by atoms with Gasteiger partial charge in [-0.3, -0.25) is 4.79 Å². The van der Waals surface area contributed by atoms with Crippen LogP contribution in [-0.4, -0.2) is 38.3 Å². The summed E-state index contributed by atoms with van der Waals surface area (Å²) in [5, 5.41) is 21.1. The summed E-state index contributed by atoms with van der Waals surface area (Å²) in [4.78, 5) is 27.3. The fourth-order valence-electron chi connectivity index (χ4n) is 4.13. The number of carboxylic acids is 1. The molecule has 3 rings (SSSR count). The number of aliphatic hydroxyl groups is 1. The standard InChI is InChI=1S/C22H31NO4S2/c1-22(27,12-9-15-4-2-5-15)11-3-6-16-7-8-19(24)17(16)10-13-28-21-23-18(14-29-21)20(25)26/h3,6,14-17,27H,2,4-5,7-13H2,1H3,(H,25,26)/b6-3+/t16-,17+,22?/m0/s1. The van der Waals surface area contributed by atoms with E-state index in [1.165, 1.54) is 42.4 Å². The third-order valence-electron chi connectivity index (χ3n) is 6.27. The first kappa shape index (κ1) is 22.5. The zero-order valence-electron chi connectivity index (χ0n) is 17.0. The number of rotatable bonds is 11. The van der Waals surface area contributed by atoms with E-state index in [1.807, 2.05) is 6.92 Å². The molecule has 2 fully saturated rings. The third kappa shape index (κ3) is 6.66. The van der Waals surface area contributed by atoms with Crippen molar-refractivity contribution in [3.05, 3.63) is 23.2 Å². The van der Waals surface area contributed by atoms with Gasteiger partial charge in [-0.15, -0.1) is 11.3 Å². The third-order valence-corrected chi connectivity index (χ3v) is 8.32. The molecule has 1 unspecified atom stereocenters. The lowest BCUT2D eigenvalue weighted by Gasteiger charge is -2.29. The summed E-state index contributed by atoms with van der Waals surface area (Å²) in [6.07, 6.45) is 13.1. The Kier molecular flexibility index (Phi) is 7.93. The predicted molar refractivity (Wildman–Crippen MR) is 117 cm³/mol. The van der Waals surface area contributed by atoms with E-state index in [1.54, 1.807) is 5.38 Å². The SMILES string of the molecule is CC(O)(C/C=C/[C@H]1CCC(=O)[C@@H]1CCSc1nc(C(=O)O)cs1)CCC1CCC1. The van der Waals surface area contributed by atoms with Crippen LogP contribution in [0.5, 0.6) is 0 Å². The topological polar surface area (TPSA) is 87.5 Å². The van der Waals surface area contributed by atoms with Crippen LogP contribution in [0.15, 0.2) is 21.9 Å². The summed E-state index contributed by atoms with van der Waals surface area (Å²) in [5.74, 6) is 1.15. The molecule has 3 atom stereocenters. The van der Waals surface area contributed by atoms with Crippen molar-refractivity contribution in [2.45, 2.75) is 74.7 Å². The number of allylic oxidation sites excluding steroid dienone is 1. The van der Waals surface area contributed by atoms with Crippen molar-refractivity contribution in [1.82, 2.24) is 4.98 Å². The van der Waals surface area contributed by atoms with Gasteiger partial charge in [0.15, 0.2) is 10.0 Å². The fourth-order valence-corrected chi connectivity index (χ4v) is 6.02. The molecule has 0 bridgehead atoms. The van der Waals surface area contributed by atoms with Gasteiger partial charge < -0.3 is 10.2 Å². The van der Waals surface area contributed by atoms with Gasteiger partial charge in [-0.25, -0.2) is 9.78 Å². The number of Topliss-reactive ketones (excluding diaryl/α,β-unsaturated/α-hetero) is 1. The van der Waals surface area contributed by atoms with E-state index in [0.717, 1.165) is 41.7 Å². The van der Waals surface area contributed by atoms with Crippen LogP contribution in [0, 0.1) is 17.8 Å². The lowest BCUT2D eigenvalue weighted by atomic mass is 9.79. The lowest BCUT2D eigenvalue weighted by Crippen LogP contribution is -2.25. The highest BCUT2D eigenvalue weighted by Crippen LogP contribution is 2.36. The van der Waals surface area contributed by atoms with Gasteiger partial charge in [0.05, 0.1) is 5.60 Å². The Hall–Kier alpha value is -1.18. The molecule has 0 saturated heterocycles. The molecule has 2 aliphatic carbocycles. The number of carboxylic acid groups (broad SMARTS) is 1. The molecule has 1 aromatic heterocycles. The van der Waals surface area contributed by atoms with Gasteiger partial charge in [-0.1, -0.05) is 43.2 Å². The Morgan fingerprint density at radius 2 is 2.17 bits per heavy atom. The molecule has 5 nitrogen and oxygen atoms in total. The second kappa shape index (κ2) is 10.2. The highest BCUT2D eigenvalue weighted by molar-refractivity contribution is 8.01. The summed E-state index contributed by atoms with van der Waals surface area (Å²) >= 11 is 2.86. The minimum atomic E-state index is -1.01. The number of nitrogens with zero attached hydrogens (tertiary/aromatic N) is 1. The van der Waals surface area contributed by atoms with Crippen molar-refractivity contribution >= 4 is 34.9 Å². The molecule has 0 amide bonds. The van der Waals surface area contributed by atoms with Gasteiger partial charge in [0.25, 0.3) is 0 Å². The van der Waals surface area contributed by atoms with Crippen LogP contribution < -0.4 is 0 Å². The van der Waals surface area contributed by atoms with Crippen LogP contribution in [0.2, 0.25) is 0 Å². The highest BCUT2D eigenvalue weighted by Gasteiger charge is 2.32. The molecular weight excluding hydrogens is 406 g/mol. The number of aromatic carboxylic acids is 1. The summed E-state index contributed by atoms with van der Waals surface area (Å²) in [7, 11) is 0. The van der Waals surface area contributed by atoms with Gasteiger partial charge in [0, 0.05) is 23.5 Å². The Balaban J connectivity index is 1.43. The number of thioether (sulfide) groups is 1. The lowest BCUT2D eigenvalue weighted by molar-refractivity contribution is -0.121. The number of hydrogen-bond acceptors (Lipinski definition) is 6. The average Bonchev–Trinajstić information content (AvgIpc) is 3.22. The molecule has 0 aromatic carbocycles. The zero-order chi connectivity index (χ0) is 20.9. The molecule has 29 heavy (non-hydrogen) atoms. The van der Waals surface area contributed by atoms with E-state index in [4.69, 9.17) is 5.11 Å². The molecule has 0 radical (unpaired) electrons. The zero-order valence-corrected chi connectivity index (χ0v) is 18.6. The normalized spacial score (nSPS) is 24.7. The first-order valence-electron chi connectivity index (χ1n) is 10.6. The van der Waals surface area contributed by atoms with Gasteiger partial charge in [0.2, 0.25) is 0 Å². The van der Waals surface area contributed by atoms with Crippen molar-refractivity contribution < 1.29 is 19.8 Å². The van der Waals surface area contributed by atoms with Crippen molar-refractivity contribution in [3.63, 3.8) is 0 Å². The van der Waals surface area contributed by atoms with E-state index in [-0.39, 0.29) is 17.5 Å². The molecule has 0 spiro atoms. The number of aromatic nitrogens is 1. The Labute approximate surface area is 181 Å². The second-order valence-corrected chi connectivity index (χ2v) is 10.9. The molecule has 160 valence electrons. The number of carbonyl (C=O) groups excluding carboxylic acids is 1. The Morgan fingerprint density at radius 3 is 2.83 bits per heavy atom. The van der Waals surface area contributed by atoms with E-state index in [0.29, 0.717) is 18.6 Å². The van der Waals surface area contributed by atoms with Crippen LogP contribution in [0.3, 0.4) is 0 Å². The summed E-state index contributed by atoms with van der Waals surface area (Å²) in [6, 6.07) is 0.